The van der Waals surface area contributed by atoms with E-state index in [-0.39, 0.29) is 20.9 Å². The number of esters is 1. The van der Waals surface area contributed by atoms with Crippen LogP contribution in [0.15, 0.2) is 14.5 Å². The fourth-order valence-corrected chi connectivity index (χ4v) is 7.81. The maximum absolute atomic E-state index is 12.6. The molecule has 1 aliphatic rings. The quantitative estimate of drug-likeness (QED) is 0.587. The van der Waals surface area contributed by atoms with Crippen molar-refractivity contribution in [2.75, 3.05) is 6.54 Å². The number of rotatable bonds is 7. The Hall–Kier alpha value is -1.50. The van der Waals surface area contributed by atoms with Gasteiger partial charge in [-0.3, -0.25) is 9.59 Å². The van der Waals surface area contributed by atoms with Crippen LogP contribution < -0.4 is 10.0 Å². The van der Waals surface area contributed by atoms with E-state index in [4.69, 9.17) is 4.74 Å². The number of fused-ring (bicyclic) bond motifs is 1. The fourth-order valence-electron chi connectivity index (χ4n) is 2.77. The molecule has 0 radical (unpaired) electrons. The Bertz CT molecular complexity index is 966. The molecule has 2 rings (SSSR count). The Morgan fingerprint density at radius 3 is 2.57 bits per heavy atom. The van der Waals surface area contributed by atoms with E-state index in [1.54, 1.807) is 13.8 Å². The highest BCUT2D eigenvalue weighted by Gasteiger charge is 2.40. The van der Waals surface area contributed by atoms with Gasteiger partial charge in [-0.25, -0.2) is 21.6 Å². The number of thiophene rings is 1. The summed E-state index contributed by atoms with van der Waals surface area (Å²) in [5.74, 6) is -1.65. The number of ether oxygens (including phenoxy) is 1. The summed E-state index contributed by atoms with van der Waals surface area (Å²) in [4.78, 5) is 23.4. The van der Waals surface area contributed by atoms with Gasteiger partial charge in [0, 0.05) is 18.0 Å². The molecule has 1 aromatic rings. The molecule has 158 valence electrons. The van der Waals surface area contributed by atoms with Crippen molar-refractivity contribution in [1.82, 2.24) is 10.0 Å². The molecule has 0 saturated heterocycles. The van der Waals surface area contributed by atoms with Gasteiger partial charge in [0.2, 0.25) is 0 Å². The van der Waals surface area contributed by atoms with Gasteiger partial charge in [-0.05, 0) is 32.9 Å². The van der Waals surface area contributed by atoms with Crippen molar-refractivity contribution in [3.63, 3.8) is 0 Å². The van der Waals surface area contributed by atoms with E-state index in [0.717, 1.165) is 0 Å². The van der Waals surface area contributed by atoms with Crippen LogP contribution in [0.1, 0.15) is 52.1 Å². The average molecular weight is 453 g/mol. The maximum Gasteiger partial charge on any atom is 0.306 e. The van der Waals surface area contributed by atoms with Crippen molar-refractivity contribution in [3.05, 3.63) is 11.6 Å². The number of hydrogen-bond donors (Lipinski definition) is 2. The van der Waals surface area contributed by atoms with Crippen LogP contribution >= 0.6 is 11.3 Å². The Labute approximate surface area is 168 Å². The van der Waals surface area contributed by atoms with Crippen LogP contribution in [-0.4, -0.2) is 46.6 Å². The normalized spacial score (nSPS) is 22.1. The van der Waals surface area contributed by atoms with Gasteiger partial charge in [0.15, 0.2) is 15.9 Å². The van der Waals surface area contributed by atoms with E-state index < -0.39 is 43.1 Å². The number of sulfone groups is 1. The van der Waals surface area contributed by atoms with Gasteiger partial charge >= 0.3 is 5.97 Å². The first-order valence-corrected chi connectivity index (χ1v) is 12.7. The lowest BCUT2D eigenvalue weighted by atomic mass is 10.1. The molecule has 1 amide bonds. The predicted octanol–water partition coefficient (Wildman–Crippen LogP) is 1.11. The van der Waals surface area contributed by atoms with Crippen molar-refractivity contribution < 1.29 is 31.2 Å². The van der Waals surface area contributed by atoms with Crippen molar-refractivity contribution in [1.29, 1.82) is 0 Å². The molecule has 0 aromatic carbocycles. The topological polar surface area (TPSA) is 136 Å². The Kier molecular flexibility index (Phi) is 6.90. The summed E-state index contributed by atoms with van der Waals surface area (Å²) in [5, 5.41) is 2.51. The van der Waals surface area contributed by atoms with Gasteiger partial charge in [-0.1, -0.05) is 13.8 Å². The highest BCUT2D eigenvalue weighted by molar-refractivity contribution is 7.95. The fraction of sp³-hybridized carbons (Fsp3) is 0.625. The summed E-state index contributed by atoms with van der Waals surface area (Å²) in [6.45, 7) is 6.85. The van der Waals surface area contributed by atoms with Gasteiger partial charge in [0.1, 0.15) is 8.42 Å². The number of sulfonamides is 1. The standard InChI is InChI=1S/C16H24N2O7S3/c1-5-13(19)25-10(4)15(20)18-28(23,24)14-8-11-12(17-6-2)7-9(3)27(21,22)16(11)26-14/h8-10,12,17H,5-7H2,1-4H3,(H,18,20)/t9-,10?,12-/m0/s1. The summed E-state index contributed by atoms with van der Waals surface area (Å²) in [6, 6.07) is 0.994. The molecule has 0 bridgehead atoms. The second-order valence-corrected chi connectivity index (χ2v) is 12.0. The van der Waals surface area contributed by atoms with Crippen LogP contribution in [0.3, 0.4) is 0 Å². The van der Waals surface area contributed by atoms with Gasteiger partial charge < -0.3 is 10.1 Å². The number of hydrogen-bond acceptors (Lipinski definition) is 9. The Morgan fingerprint density at radius 1 is 1.36 bits per heavy atom. The molecule has 0 saturated carbocycles. The smallest absolute Gasteiger partial charge is 0.306 e. The molecular formula is C16H24N2O7S3. The lowest BCUT2D eigenvalue weighted by Gasteiger charge is -2.27. The monoisotopic (exact) mass is 452 g/mol. The third-order valence-corrected chi connectivity index (χ3v) is 10.1. The van der Waals surface area contributed by atoms with E-state index in [0.29, 0.717) is 29.9 Å². The lowest BCUT2D eigenvalue weighted by molar-refractivity contribution is -0.153. The van der Waals surface area contributed by atoms with Crippen molar-refractivity contribution in [2.24, 2.45) is 0 Å². The zero-order valence-corrected chi connectivity index (χ0v) is 18.5. The molecule has 2 heterocycles. The molecular weight excluding hydrogens is 428 g/mol. The molecule has 0 spiro atoms. The number of carbonyl (C=O) groups excluding carboxylic acids is 2. The third kappa shape index (κ3) is 4.56. The summed E-state index contributed by atoms with van der Waals surface area (Å²) in [5.41, 5.74) is 0.392. The van der Waals surface area contributed by atoms with Crippen molar-refractivity contribution >= 4 is 43.1 Å². The zero-order chi connectivity index (χ0) is 21.3. The van der Waals surface area contributed by atoms with Crippen LogP contribution in [0.4, 0.5) is 0 Å². The summed E-state index contributed by atoms with van der Waals surface area (Å²) < 4.78 is 56.8. The maximum atomic E-state index is 12.6. The molecule has 1 aromatic heterocycles. The minimum atomic E-state index is -4.31. The highest BCUT2D eigenvalue weighted by atomic mass is 32.3. The number of nitrogens with one attached hydrogen (secondary N) is 2. The number of carbonyl (C=O) groups is 2. The van der Waals surface area contributed by atoms with Crippen LogP contribution in [0.2, 0.25) is 0 Å². The average Bonchev–Trinajstić information content (AvgIpc) is 3.07. The SMILES string of the molecule is CCN[C@H]1C[C@H](C)S(=O)(=O)c2sc(S(=O)(=O)NC(=O)C(C)OC(=O)CC)cc21. The van der Waals surface area contributed by atoms with Crippen LogP contribution in [-0.2, 0) is 34.2 Å². The summed E-state index contributed by atoms with van der Waals surface area (Å²) >= 11 is 0.616. The zero-order valence-electron chi connectivity index (χ0n) is 16.0. The van der Waals surface area contributed by atoms with Crippen molar-refractivity contribution in [2.45, 2.75) is 66.4 Å². The predicted molar refractivity (Wildman–Crippen MR) is 103 cm³/mol. The highest BCUT2D eigenvalue weighted by Crippen LogP contribution is 2.42. The summed E-state index contributed by atoms with van der Waals surface area (Å²) in [7, 11) is -7.96. The molecule has 3 atom stereocenters. The molecule has 0 aliphatic carbocycles. The molecule has 12 heteroatoms. The first-order chi connectivity index (χ1) is 12.9. The van der Waals surface area contributed by atoms with Gasteiger partial charge in [-0.15, -0.1) is 11.3 Å². The molecule has 1 aliphatic heterocycles. The first kappa shape index (κ1) is 22.8. The van der Waals surface area contributed by atoms with Crippen LogP contribution in [0.5, 0.6) is 0 Å². The van der Waals surface area contributed by atoms with E-state index in [1.807, 2.05) is 11.6 Å². The van der Waals surface area contributed by atoms with Gasteiger partial charge in [-0.2, -0.15) is 0 Å². The van der Waals surface area contributed by atoms with Gasteiger partial charge in [0.05, 0.1) is 5.25 Å². The first-order valence-electron chi connectivity index (χ1n) is 8.81. The second-order valence-electron chi connectivity index (χ2n) is 6.47. The van der Waals surface area contributed by atoms with E-state index in [2.05, 4.69) is 5.32 Å². The van der Waals surface area contributed by atoms with E-state index in [9.17, 15) is 26.4 Å². The largest absolute Gasteiger partial charge is 0.453 e. The second kappa shape index (κ2) is 8.47. The molecule has 28 heavy (non-hydrogen) atoms. The molecule has 0 fully saturated rings. The minimum absolute atomic E-state index is 0.00418. The van der Waals surface area contributed by atoms with Crippen LogP contribution in [0, 0.1) is 0 Å². The number of amides is 1. The Morgan fingerprint density at radius 2 is 2.00 bits per heavy atom. The molecule has 9 nitrogen and oxygen atoms in total. The van der Waals surface area contributed by atoms with E-state index >= 15 is 0 Å². The lowest BCUT2D eigenvalue weighted by Crippen LogP contribution is -2.39. The van der Waals surface area contributed by atoms with Crippen molar-refractivity contribution in [3.8, 4) is 0 Å². The molecule has 1 unspecified atom stereocenters. The van der Waals surface area contributed by atoms with Crippen LogP contribution in [0.25, 0.3) is 0 Å². The Balaban J connectivity index is 2.34. The third-order valence-electron chi connectivity index (χ3n) is 4.35. The minimum Gasteiger partial charge on any atom is -0.453 e. The summed E-state index contributed by atoms with van der Waals surface area (Å²) in [6.07, 6.45) is -0.922. The molecule has 2 N–H and O–H groups in total. The van der Waals surface area contributed by atoms with Gasteiger partial charge in [0.25, 0.3) is 15.9 Å². The van der Waals surface area contributed by atoms with E-state index in [1.165, 1.54) is 13.0 Å².